The quantitative estimate of drug-likeness (QED) is 0.378. The number of rotatable bonds is 6. The number of carbonyl (C=O) groups is 2. The highest BCUT2D eigenvalue weighted by molar-refractivity contribution is 6.01. The molecular weight excluding hydrogens is 440 g/mol. The second-order valence-corrected chi connectivity index (χ2v) is 11.3. The van der Waals surface area contributed by atoms with E-state index in [9.17, 15) is 9.59 Å². The number of fused-ring (bicyclic) bond motifs is 2. The van der Waals surface area contributed by atoms with Gasteiger partial charge in [0, 0.05) is 31.6 Å². The largest absolute Gasteiger partial charge is 0.465 e. The summed E-state index contributed by atoms with van der Waals surface area (Å²) in [6.07, 6.45) is 3.24. The van der Waals surface area contributed by atoms with Crippen molar-refractivity contribution in [2.75, 3.05) is 21.3 Å². The number of hydrogen-bond acceptors (Lipinski definition) is 5. The summed E-state index contributed by atoms with van der Waals surface area (Å²) in [6.45, 7) is 9.21. The molecule has 2 aliphatic carbocycles. The maximum atomic E-state index is 14.1. The molecule has 188 valence electrons. The molecule has 4 rings (SSSR count). The molecule has 2 atom stereocenters. The first-order valence-electron chi connectivity index (χ1n) is 12.5. The maximum Gasteiger partial charge on any atom is 0.337 e. The number of Topliss-reactive ketones (excluding diaryl/α,β-unsaturated/α-hetero) is 1. The van der Waals surface area contributed by atoms with Gasteiger partial charge in [0.25, 0.3) is 0 Å². The Bertz CT molecular complexity index is 1110. The predicted octanol–water partition coefficient (Wildman–Crippen LogP) is 5.97. The van der Waals surface area contributed by atoms with Crippen molar-refractivity contribution >= 4 is 11.8 Å². The molecule has 0 aliphatic heterocycles. The first-order valence-corrected chi connectivity index (χ1v) is 12.5. The molecule has 5 heteroatoms. The molecule has 35 heavy (non-hydrogen) atoms. The number of ketones is 1. The Kier molecular flexibility index (Phi) is 6.96. The second-order valence-electron chi connectivity index (χ2n) is 11.3. The van der Waals surface area contributed by atoms with Crippen LogP contribution in [0.4, 0.5) is 0 Å². The van der Waals surface area contributed by atoms with E-state index >= 15 is 0 Å². The fraction of sp³-hybridized carbons (Fsp3) is 0.533. The summed E-state index contributed by atoms with van der Waals surface area (Å²) in [4.78, 5) is 26.0. The van der Waals surface area contributed by atoms with Crippen LogP contribution in [0.5, 0.6) is 0 Å². The fourth-order valence-electron chi connectivity index (χ4n) is 6.01. The van der Waals surface area contributed by atoms with Crippen LogP contribution in [0.1, 0.15) is 95.8 Å². The summed E-state index contributed by atoms with van der Waals surface area (Å²) < 4.78 is 16.2. The van der Waals surface area contributed by atoms with Gasteiger partial charge in [-0.15, -0.1) is 0 Å². The van der Waals surface area contributed by atoms with Crippen LogP contribution < -0.4 is 0 Å². The molecule has 0 saturated heterocycles. The lowest BCUT2D eigenvalue weighted by Crippen LogP contribution is -2.38. The van der Waals surface area contributed by atoms with Crippen molar-refractivity contribution in [3.05, 3.63) is 69.8 Å². The number of methoxy groups -OCH3 is 3. The van der Waals surface area contributed by atoms with E-state index in [0.29, 0.717) is 5.56 Å². The van der Waals surface area contributed by atoms with Gasteiger partial charge < -0.3 is 14.2 Å². The van der Waals surface area contributed by atoms with E-state index in [2.05, 4.69) is 39.8 Å². The molecule has 0 saturated carbocycles. The molecular formula is C30H38O5. The molecule has 0 aromatic heterocycles. The van der Waals surface area contributed by atoms with E-state index in [4.69, 9.17) is 14.2 Å². The Balaban J connectivity index is 1.76. The van der Waals surface area contributed by atoms with Crippen molar-refractivity contribution < 1.29 is 23.8 Å². The zero-order valence-corrected chi connectivity index (χ0v) is 22.1. The zero-order chi connectivity index (χ0) is 25.5. The average molecular weight is 479 g/mol. The van der Waals surface area contributed by atoms with Crippen LogP contribution in [-0.2, 0) is 31.5 Å². The molecule has 2 unspecified atom stereocenters. The van der Waals surface area contributed by atoms with Gasteiger partial charge in [-0.05, 0) is 77.0 Å². The van der Waals surface area contributed by atoms with Crippen LogP contribution in [-0.4, -0.2) is 39.4 Å². The molecule has 2 aromatic carbocycles. The second kappa shape index (κ2) is 9.51. The molecule has 2 aromatic rings. The Labute approximate surface area is 209 Å². The first kappa shape index (κ1) is 25.6. The molecule has 2 aliphatic rings. The predicted molar refractivity (Wildman–Crippen MR) is 136 cm³/mol. The number of carbonyl (C=O) groups excluding carboxylic acids is 2. The van der Waals surface area contributed by atoms with Gasteiger partial charge in [0.1, 0.15) is 0 Å². The molecule has 0 amide bonds. The van der Waals surface area contributed by atoms with Gasteiger partial charge in [-0.1, -0.05) is 45.9 Å². The lowest BCUT2D eigenvalue weighted by atomic mass is 9.61. The minimum absolute atomic E-state index is 0.0395. The normalized spacial score (nSPS) is 21.3. The standard InChI is InChI=1S/C30H38O5/c1-29(2)14-15-30(3,4)24-17-22-20(16-23(24)29)12-13-21(26(22)31)25(28(34-6)35-7)18-8-10-19(11-9-18)27(32)33-5/h8-11,16-17,21,25,28H,12-15H2,1-7H3. The van der Waals surface area contributed by atoms with Gasteiger partial charge >= 0.3 is 5.97 Å². The smallest absolute Gasteiger partial charge is 0.337 e. The molecule has 5 nitrogen and oxygen atoms in total. The van der Waals surface area contributed by atoms with E-state index in [-0.39, 0.29) is 34.4 Å². The van der Waals surface area contributed by atoms with Crippen LogP contribution in [0.15, 0.2) is 36.4 Å². The number of esters is 1. The average Bonchev–Trinajstić information content (AvgIpc) is 2.85. The van der Waals surface area contributed by atoms with E-state index in [1.807, 2.05) is 12.1 Å². The lowest BCUT2D eigenvalue weighted by Gasteiger charge is -2.43. The third-order valence-electron chi connectivity index (χ3n) is 8.31. The summed E-state index contributed by atoms with van der Waals surface area (Å²) in [5.41, 5.74) is 6.22. The summed E-state index contributed by atoms with van der Waals surface area (Å²) in [7, 11) is 4.57. The minimum atomic E-state index is -0.581. The SMILES string of the molecule is COC(=O)c1ccc(C(C(OC)OC)C2CCc3cc4c(cc3C2=O)C(C)(C)CCC4(C)C)cc1. The van der Waals surface area contributed by atoms with Crippen LogP contribution in [0.2, 0.25) is 0 Å². The van der Waals surface area contributed by atoms with Crippen molar-refractivity contribution in [2.24, 2.45) is 5.92 Å². The van der Waals surface area contributed by atoms with Gasteiger partial charge in [-0.2, -0.15) is 0 Å². The number of aryl methyl sites for hydroxylation is 1. The van der Waals surface area contributed by atoms with E-state index in [1.54, 1.807) is 26.4 Å². The number of hydrogen-bond donors (Lipinski definition) is 0. The molecule has 0 fully saturated rings. The van der Waals surface area contributed by atoms with Crippen LogP contribution in [0.3, 0.4) is 0 Å². The van der Waals surface area contributed by atoms with E-state index < -0.39 is 6.29 Å². The van der Waals surface area contributed by atoms with Crippen LogP contribution >= 0.6 is 0 Å². The highest BCUT2D eigenvalue weighted by Crippen LogP contribution is 2.48. The minimum Gasteiger partial charge on any atom is -0.465 e. The van der Waals surface area contributed by atoms with Crippen molar-refractivity contribution in [1.82, 2.24) is 0 Å². The molecule has 0 heterocycles. The Morgan fingerprint density at radius 1 is 0.914 bits per heavy atom. The number of ether oxygens (including phenoxy) is 3. The van der Waals surface area contributed by atoms with Gasteiger partial charge in [-0.3, -0.25) is 4.79 Å². The molecule has 0 bridgehead atoms. The van der Waals surface area contributed by atoms with E-state index in [0.717, 1.165) is 42.4 Å². The topological polar surface area (TPSA) is 61.8 Å². The summed E-state index contributed by atoms with van der Waals surface area (Å²) in [5, 5.41) is 0. The van der Waals surface area contributed by atoms with Crippen LogP contribution in [0, 0.1) is 5.92 Å². The molecule has 0 radical (unpaired) electrons. The monoisotopic (exact) mass is 478 g/mol. The highest BCUT2D eigenvalue weighted by Gasteiger charge is 2.42. The maximum absolute atomic E-state index is 14.1. The zero-order valence-electron chi connectivity index (χ0n) is 22.1. The van der Waals surface area contributed by atoms with Crippen molar-refractivity contribution in [3.63, 3.8) is 0 Å². The van der Waals surface area contributed by atoms with Crippen LogP contribution in [0.25, 0.3) is 0 Å². The summed E-state index contributed by atoms with van der Waals surface area (Å²) >= 11 is 0. The van der Waals surface area contributed by atoms with Crippen molar-refractivity contribution in [1.29, 1.82) is 0 Å². The number of benzene rings is 2. The summed E-state index contributed by atoms with van der Waals surface area (Å²) in [5.74, 6) is -0.817. The van der Waals surface area contributed by atoms with E-state index in [1.165, 1.54) is 18.2 Å². The first-order chi connectivity index (χ1) is 16.5. The van der Waals surface area contributed by atoms with Gasteiger partial charge in [0.15, 0.2) is 12.1 Å². The lowest BCUT2D eigenvalue weighted by molar-refractivity contribution is -0.125. The Hall–Kier alpha value is -2.50. The summed E-state index contributed by atoms with van der Waals surface area (Å²) in [6, 6.07) is 11.7. The third-order valence-corrected chi connectivity index (χ3v) is 8.31. The molecule has 0 spiro atoms. The molecule has 0 N–H and O–H groups in total. The van der Waals surface area contributed by atoms with Gasteiger partial charge in [0.2, 0.25) is 0 Å². The fourth-order valence-corrected chi connectivity index (χ4v) is 6.01. The Morgan fingerprint density at radius 2 is 1.49 bits per heavy atom. The Morgan fingerprint density at radius 3 is 2.03 bits per heavy atom. The highest BCUT2D eigenvalue weighted by atomic mass is 16.7. The third kappa shape index (κ3) is 4.56. The van der Waals surface area contributed by atoms with Crippen molar-refractivity contribution in [2.45, 2.75) is 76.4 Å². The van der Waals surface area contributed by atoms with Crippen molar-refractivity contribution in [3.8, 4) is 0 Å². The van der Waals surface area contributed by atoms with Gasteiger partial charge in [-0.25, -0.2) is 4.79 Å². The van der Waals surface area contributed by atoms with Gasteiger partial charge in [0.05, 0.1) is 12.7 Å².